The summed E-state index contributed by atoms with van der Waals surface area (Å²) in [4.78, 5) is 22.6. The number of hydrogen-bond donors (Lipinski definition) is 0. The van der Waals surface area contributed by atoms with Crippen LogP contribution >= 0.6 is 0 Å². The van der Waals surface area contributed by atoms with Gasteiger partial charge in [-0.1, -0.05) is 31.5 Å². The van der Waals surface area contributed by atoms with Gasteiger partial charge in [0.1, 0.15) is 5.75 Å². The summed E-state index contributed by atoms with van der Waals surface area (Å²) in [7, 11) is -0.910. The molecule has 1 aliphatic rings. The highest BCUT2D eigenvalue weighted by Crippen LogP contribution is 2.31. The molecule has 0 aliphatic carbocycles. The molecule has 18 heavy (non-hydrogen) atoms. The first-order valence-electron chi connectivity index (χ1n) is 6.13. The van der Waals surface area contributed by atoms with Crippen molar-refractivity contribution in [2.24, 2.45) is 5.92 Å². The largest absolute Gasteiger partial charge is 0.549 e. The van der Waals surface area contributed by atoms with E-state index in [1.807, 2.05) is 37.3 Å². The van der Waals surface area contributed by atoms with Crippen LogP contribution in [0.2, 0.25) is 5.54 Å². The highest BCUT2D eigenvalue weighted by atomic mass is 28.2. The van der Waals surface area contributed by atoms with E-state index in [-0.39, 0.29) is 23.8 Å². The van der Waals surface area contributed by atoms with E-state index in [0.29, 0.717) is 0 Å². The number of hydrogen-bond acceptors (Lipinski definition) is 4. The van der Waals surface area contributed by atoms with Gasteiger partial charge in [-0.05, 0) is 17.7 Å². The molecule has 0 saturated carbocycles. The minimum atomic E-state index is -0.910. The molecule has 0 radical (unpaired) electrons. The van der Waals surface area contributed by atoms with Crippen molar-refractivity contribution in [3.05, 3.63) is 30.3 Å². The van der Waals surface area contributed by atoms with Crippen LogP contribution in [-0.4, -0.2) is 21.7 Å². The molecule has 2 rings (SSSR count). The van der Waals surface area contributed by atoms with Crippen molar-refractivity contribution in [3.63, 3.8) is 0 Å². The molecule has 5 heteroatoms. The summed E-state index contributed by atoms with van der Waals surface area (Å²) in [6, 6.07) is 9.56. The van der Waals surface area contributed by atoms with E-state index in [1.54, 1.807) is 0 Å². The molecule has 0 N–H and O–H groups in total. The lowest BCUT2D eigenvalue weighted by Gasteiger charge is -2.18. The molecule has 1 heterocycles. The van der Waals surface area contributed by atoms with Gasteiger partial charge in [0.05, 0.1) is 12.3 Å². The molecule has 0 aromatic heterocycles. The molecule has 1 saturated heterocycles. The summed E-state index contributed by atoms with van der Waals surface area (Å²) in [6.45, 7) is 2.02. The maximum atomic E-state index is 11.5. The number of carbonyl (C=O) groups is 2. The van der Waals surface area contributed by atoms with Crippen LogP contribution in [0.3, 0.4) is 0 Å². The molecule has 0 spiro atoms. The second kappa shape index (κ2) is 5.82. The lowest BCUT2D eigenvalue weighted by Crippen LogP contribution is -2.22. The highest BCUT2D eigenvalue weighted by Gasteiger charge is 2.39. The van der Waals surface area contributed by atoms with E-state index >= 15 is 0 Å². The van der Waals surface area contributed by atoms with Crippen LogP contribution in [0.4, 0.5) is 0 Å². The van der Waals surface area contributed by atoms with E-state index in [2.05, 4.69) is 4.74 Å². The van der Waals surface area contributed by atoms with E-state index < -0.39 is 15.7 Å². The van der Waals surface area contributed by atoms with Crippen LogP contribution in [0.25, 0.3) is 0 Å². The Morgan fingerprint density at radius 3 is 2.67 bits per heavy atom. The van der Waals surface area contributed by atoms with Gasteiger partial charge in [-0.15, -0.1) is 0 Å². The van der Waals surface area contributed by atoms with Gasteiger partial charge in [-0.25, -0.2) is 0 Å². The van der Waals surface area contributed by atoms with E-state index in [4.69, 9.17) is 4.43 Å². The molecular weight excluding hydrogens is 248 g/mol. The second-order valence-corrected chi connectivity index (χ2v) is 6.07. The fraction of sp³-hybridized carbons (Fsp3) is 0.385. The van der Waals surface area contributed by atoms with E-state index in [0.717, 1.165) is 12.2 Å². The molecule has 2 atom stereocenters. The maximum absolute atomic E-state index is 11.5. The number of para-hydroxylation sites is 1. The van der Waals surface area contributed by atoms with Gasteiger partial charge in [0, 0.05) is 0 Å². The summed E-state index contributed by atoms with van der Waals surface area (Å²) in [5, 5.41) is 0. The normalized spacial score (nSPS) is 21.3. The van der Waals surface area contributed by atoms with Crippen molar-refractivity contribution >= 4 is 21.7 Å². The molecule has 1 aliphatic heterocycles. The van der Waals surface area contributed by atoms with Gasteiger partial charge < -0.3 is 9.16 Å². The van der Waals surface area contributed by atoms with E-state index in [1.165, 1.54) is 0 Å². The summed E-state index contributed by atoms with van der Waals surface area (Å²) >= 11 is 0. The smallest absolute Gasteiger partial charge is 0.317 e. The van der Waals surface area contributed by atoms with Crippen LogP contribution in [0.1, 0.15) is 19.8 Å². The van der Waals surface area contributed by atoms with Crippen molar-refractivity contribution < 1.29 is 18.8 Å². The molecule has 0 bridgehead atoms. The van der Waals surface area contributed by atoms with Crippen molar-refractivity contribution in [2.75, 3.05) is 0 Å². The quantitative estimate of drug-likeness (QED) is 0.459. The van der Waals surface area contributed by atoms with Crippen molar-refractivity contribution in [2.45, 2.75) is 25.3 Å². The monoisotopic (exact) mass is 264 g/mol. The number of esters is 2. The Morgan fingerprint density at radius 2 is 2.11 bits per heavy atom. The van der Waals surface area contributed by atoms with Crippen LogP contribution in [-0.2, 0) is 14.3 Å². The van der Waals surface area contributed by atoms with Crippen molar-refractivity contribution in [1.29, 1.82) is 0 Å². The highest BCUT2D eigenvalue weighted by molar-refractivity contribution is 6.32. The van der Waals surface area contributed by atoms with Gasteiger partial charge >= 0.3 is 11.9 Å². The van der Waals surface area contributed by atoms with Gasteiger partial charge in [0.15, 0.2) is 0 Å². The molecule has 96 valence electrons. The fourth-order valence-corrected chi connectivity index (χ4v) is 3.52. The minimum Gasteiger partial charge on any atom is -0.549 e. The van der Waals surface area contributed by atoms with Crippen LogP contribution in [0, 0.1) is 5.92 Å². The lowest BCUT2D eigenvalue weighted by molar-refractivity contribution is -0.153. The Hall–Kier alpha value is -1.62. The topological polar surface area (TPSA) is 52.6 Å². The van der Waals surface area contributed by atoms with Gasteiger partial charge in [0.25, 0.3) is 0 Å². The third kappa shape index (κ3) is 2.98. The number of cyclic esters (lactones) is 2. The van der Waals surface area contributed by atoms with E-state index in [9.17, 15) is 9.59 Å². The first kappa shape index (κ1) is 12.8. The van der Waals surface area contributed by atoms with Crippen LogP contribution in [0.15, 0.2) is 30.3 Å². The average molecular weight is 264 g/mol. The Balaban J connectivity index is 1.94. The molecule has 1 aromatic carbocycles. The third-order valence-electron chi connectivity index (χ3n) is 3.20. The number of carbonyl (C=O) groups excluding carboxylic acids is 2. The lowest BCUT2D eigenvalue weighted by atomic mass is 10.0. The maximum Gasteiger partial charge on any atom is 0.317 e. The SMILES string of the molecule is CCC([SiH2]Oc1ccccc1)C1CC(=O)OC1=O. The summed E-state index contributed by atoms with van der Waals surface area (Å²) in [5.41, 5.74) is 0.157. The summed E-state index contributed by atoms with van der Waals surface area (Å²) in [6.07, 6.45) is 1.05. The number of benzene rings is 1. The Labute approximate surface area is 108 Å². The predicted molar refractivity (Wildman–Crippen MR) is 68.9 cm³/mol. The molecule has 1 fully saturated rings. The van der Waals surface area contributed by atoms with Crippen LogP contribution in [0.5, 0.6) is 5.75 Å². The number of ether oxygens (including phenoxy) is 1. The molecule has 0 amide bonds. The van der Waals surface area contributed by atoms with Crippen LogP contribution < -0.4 is 4.43 Å². The zero-order chi connectivity index (χ0) is 13.0. The Bertz CT molecular complexity index is 432. The second-order valence-electron chi connectivity index (χ2n) is 4.40. The molecule has 4 nitrogen and oxygen atoms in total. The zero-order valence-electron chi connectivity index (χ0n) is 10.3. The zero-order valence-corrected chi connectivity index (χ0v) is 11.7. The average Bonchev–Trinajstić information content (AvgIpc) is 2.71. The van der Waals surface area contributed by atoms with Crippen molar-refractivity contribution in [1.82, 2.24) is 0 Å². The molecule has 1 aromatic rings. The molecule has 2 unspecified atom stereocenters. The Morgan fingerprint density at radius 1 is 1.39 bits per heavy atom. The summed E-state index contributed by atoms with van der Waals surface area (Å²) < 4.78 is 10.4. The first-order valence-corrected chi connectivity index (χ1v) is 7.52. The fourth-order valence-electron chi connectivity index (χ4n) is 2.09. The predicted octanol–water partition coefficient (Wildman–Crippen LogP) is 1.44. The van der Waals surface area contributed by atoms with Gasteiger partial charge in [-0.3, -0.25) is 9.59 Å². The van der Waals surface area contributed by atoms with Gasteiger partial charge in [-0.2, -0.15) is 0 Å². The summed E-state index contributed by atoms with van der Waals surface area (Å²) in [5.74, 6) is -0.244. The van der Waals surface area contributed by atoms with Gasteiger partial charge in [0.2, 0.25) is 9.76 Å². The van der Waals surface area contributed by atoms with Crippen molar-refractivity contribution in [3.8, 4) is 5.75 Å². The first-order chi connectivity index (χ1) is 8.70. The number of rotatable bonds is 5. The standard InChI is InChI=1S/C13H16O4Si/c1-2-11(10-8-12(14)16-13(10)15)18-17-9-6-4-3-5-7-9/h3-7,10-11H,2,8,18H2,1H3. The minimum absolute atomic E-state index is 0.157. The molecular formula is C13H16O4Si. The Kier molecular flexibility index (Phi) is 4.14. The third-order valence-corrected chi connectivity index (χ3v) is 5.28.